The van der Waals surface area contributed by atoms with Gasteiger partial charge < -0.3 is 4.74 Å². The van der Waals surface area contributed by atoms with Crippen molar-refractivity contribution >= 4 is 21.7 Å². The maximum absolute atomic E-state index is 13.5. The Morgan fingerprint density at radius 2 is 1.83 bits per heavy atom. The van der Waals surface area contributed by atoms with E-state index in [2.05, 4.69) is 4.18 Å². The van der Waals surface area contributed by atoms with Crippen molar-refractivity contribution in [3.05, 3.63) is 29.3 Å². The lowest BCUT2D eigenvalue weighted by molar-refractivity contribution is 0.296. The standard InChI is InChI=1S/C10H11ClF2O4S/c1-18(14,15)17-6-8-9(12)4-7(5-10(8)13)16-3-2-11/h4-5H,2-3,6H2,1H3. The molecular weight excluding hydrogens is 290 g/mol. The molecule has 102 valence electrons. The van der Waals surface area contributed by atoms with Crippen molar-refractivity contribution in [2.24, 2.45) is 0 Å². The first-order valence-corrected chi connectivity index (χ1v) is 7.19. The van der Waals surface area contributed by atoms with Crippen molar-refractivity contribution in [3.8, 4) is 5.75 Å². The zero-order valence-electron chi connectivity index (χ0n) is 9.45. The Morgan fingerprint density at radius 3 is 2.28 bits per heavy atom. The van der Waals surface area contributed by atoms with E-state index in [1.807, 2.05) is 0 Å². The maximum atomic E-state index is 13.5. The van der Waals surface area contributed by atoms with E-state index in [1.165, 1.54) is 0 Å². The maximum Gasteiger partial charge on any atom is 0.264 e. The summed E-state index contributed by atoms with van der Waals surface area (Å²) < 4.78 is 57.7. The average molecular weight is 301 g/mol. The van der Waals surface area contributed by atoms with Gasteiger partial charge in [0.2, 0.25) is 0 Å². The monoisotopic (exact) mass is 300 g/mol. The van der Waals surface area contributed by atoms with Crippen molar-refractivity contribution < 1.29 is 26.1 Å². The lowest BCUT2D eigenvalue weighted by Gasteiger charge is -2.08. The van der Waals surface area contributed by atoms with Gasteiger partial charge in [-0.2, -0.15) is 8.42 Å². The van der Waals surface area contributed by atoms with Crippen molar-refractivity contribution in [1.29, 1.82) is 0 Å². The van der Waals surface area contributed by atoms with Crippen LogP contribution in [0.15, 0.2) is 12.1 Å². The van der Waals surface area contributed by atoms with Crippen LogP contribution in [0.5, 0.6) is 5.75 Å². The Labute approximate surface area is 109 Å². The van der Waals surface area contributed by atoms with E-state index in [4.69, 9.17) is 16.3 Å². The summed E-state index contributed by atoms with van der Waals surface area (Å²) in [4.78, 5) is 0. The van der Waals surface area contributed by atoms with Crippen LogP contribution >= 0.6 is 11.6 Å². The van der Waals surface area contributed by atoms with E-state index in [9.17, 15) is 17.2 Å². The second-order valence-corrected chi connectivity index (χ2v) is 5.39. The molecule has 0 bridgehead atoms. The molecule has 1 aromatic rings. The van der Waals surface area contributed by atoms with Crippen LogP contribution in [0.3, 0.4) is 0 Å². The number of alkyl halides is 1. The Morgan fingerprint density at radius 1 is 1.28 bits per heavy atom. The second kappa shape index (κ2) is 6.31. The molecule has 0 saturated heterocycles. The van der Waals surface area contributed by atoms with E-state index < -0.39 is 33.9 Å². The van der Waals surface area contributed by atoms with E-state index in [-0.39, 0.29) is 18.2 Å². The molecule has 0 amide bonds. The highest BCUT2D eigenvalue weighted by molar-refractivity contribution is 7.85. The highest BCUT2D eigenvalue weighted by Crippen LogP contribution is 2.21. The number of ether oxygens (including phenoxy) is 1. The van der Waals surface area contributed by atoms with Crippen LogP contribution in [0.25, 0.3) is 0 Å². The first-order valence-electron chi connectivity index (χ1n) is 4.84. The summed E-state index contributed by atoms with van der Waals surface area (Å²) in [7, 11) is -3.76. The summed E-state index contributed by atoms with van der Waals surface area (Å²) in [6, 6.07) is 1.88. The molecule has 1 aromatic carbocycles. The van der Waals surface area contributed by atoms with E-state index in [0.29, 0.717) is 0 Å². The molecule has 0 heterocycles. The summed E-state index contributed by atoms with van der Waals surface area (Å²) in [5, 5.41) is 0. The molecular formula is C10H11ClF2O4S. The molecule has 0 spiro atoms. The predicted octanol–water partition coefficient (Wildman–Crippen LogP) is 2.06. The van der Waals surface area contributed by atoms with E-state index >= 15 is 0 Å². The summed E-state index contributed by atoms with van der Waals surface area (Å²) in [6.07, 6.45) is 0.792. The lowest BCUT2D eigenvalue weighted by atomic mass is 10.2. The number of hydrogen-bond donors (Lipinski definition) is 0. The van der Waals surface area contributed by atoms with Crippen molar-refractivity contribution in [2.75, 3.05) is 18.7 Å². The van der Waals surface area contributed by atoms with Crippen LogP contribution in [0.4, 0.5) is 8.78 Å². The van der Waals surface area contributed by atoms with Crippen LogP contribution in [-0.2, 0) is 20.9 Å². The van der Waals surface area contributed by atoms with Crippen LogP contribution in [0.1, 0.15) is 5.56 Å². The molecule has 4 nitrogen and oxygen atoms in total. The van der Waals surface area contributed by atoms with Gasteiger partial charge in [0.15, 0.2) is 0 Å². The number of rotatable bonds is 6. The average Bonchev–Trinajstić information content (AvgIpc) is 2.23. The molecule has 0 aliphatic heterocycles. The molecule has 0 aromatic heterocycles. The Kier molecular flexibility index (Phi) is 5.30. The highest BCUT2D eigenvalue weighted by Gasteiger charge is 2.14. The summed E-state index contributed by atoms with van der Waals surface area (Å²) in [5.41, 5.74) is -0.473. The largest absolute Gasteiger partial charge is 0.492 e. The van der Waals surface area contributed by atoms with Gasteiger partial charge in [0.1, 0.15) is 24.0 Å². The van der Waals surface area contributed by atoms with Crippen LogP contribution in [0.2, 0.25) is 0 Å². The first kappa shape index (κ1) is 15.1. The van der Waals surface area contributed by atoms with Gasteiger partial charge in [-0.1, -0.05) is 0 Å². The van der Waals surface area contributed by atoms with Gasteiger partial charge in [0.05, 0.1) is 24.3 Å². The molecule has 0 aliphatic carbocycles. The van der Waals surface area contributed by atoms with Crippen molar-refractivity contribution in [1.82, 2.24) is 0 Å². The van der Waals surface area contributed by atoms with E-state index in [1.54, 1.807) is 0 Å². The van der Waals surface area contributed by atoms with Crippen LogP contribution < -0.4 is 4.74 Å². The predicted molar refractivity (Wildman–Crippen MR) is 62.2 cm³/mol. The summed E-state index contributed by atoms with van der Waals surface area (Å²) in [5.74, 6) is -1.72. The van der Waals surface area contributed by atoms with Gasteiger partial charge in [-0.05, 0) is 0 Å². The first-order chi connectivity index (χ1) is 8.33. The molecule has 0 saturated carbocycles. The van der Waals surface area contributed by atoms with Crippen LogP contribution in [0, 0.1) is 11.6 Å². The third kappa shape index (κ3) is 4.75. The van der Waals surface area contributed by atoms with Crippen molar-refractivity contribution in [2.45, 2.75) is 6.61 Å². The fraction of sp³-hybridized carbons (Fsp3) is 0.400. The number of halogens is 3. The number of benzene rings is 1. The quantitative estimate of drug-likeness (QED) is 0.596. The number of hydrogen-bond acceptors (Lipinski definition) is 4. The molecule has 0 fully saturated rings. The molecule has 0 aliphatic rings. The molecule has 18 heavy (non-hydrogen) atoms. The molecule has 8 heteroatoms. The van der Waals surface area contributed by atoms with Gasteiger partial charge in [0.25, 0.3) is 10.1 Å². The van der Waals surface area contributed by atoms with Crippen LogP contribution in [-0.4, -0.2) is 27.2 Å². The molecule has 1 rings (SSSR count). The van der Waals surface area contributed by atoms with E-state index in [0.717, 1.165) is 18.4 Å². The minimum absolute atomic E-state index is 0.0197. The van der Waals surface area contributed by atoms with Gasteiger partial charge in [-0.15, -0.1) is 11.6 Å². The Balaban J connectivity index is 2.87. The second-order valence-electron chi connectivity index (χ2n) is 3.37. The van der Waals surface area contributed by atoms with Gasteiger partial charge in [-0.3, -0.25) is 4.18 Å². The normalized spacial score (nSPS) is 11.6. The van der Waals surface area contributed by atoms with Gasteiger partial charge in [0, 0.05) is 12.1 Å². The Bertz CT molecular complexity index is 496. The molecule has 0 atom stereocenters. The minimum atomic E-state index is -3.76. The highest BCUT2D eigenvalue weighted by atomic mass is 35.5. The topological polar surface area (TPSA) is 52.6 Å². The lowest BCUT2D eigenvalue weighted by Crippen LogP contribution is -2.07. The SMILES string of the molecule is CS(=O)(=O)OCc1c(F)cc(OCCCl)cc1F. The summed E-state index contributed by atoms with van der Waals surface area (Å²) in [6.45, 7) is -0.591. The smallest absolute Gasteiger partial charge is 0.264 e. The molecule has 0 radical (unpaired) electrons. The molecule has 0 N–H and O–H groups in total. The van der Waals surface area contributed by atoms with Crippen molar-refractivity contribution in [3.63, 3.8) is 0 Å². The summed E-state index contributed by atoms with van der Waals surface area (Å²) >= 11 is 5.36. The zero-order valence-corrected chi connectivity index (χ0v) is 11.0. The fourth-order valence-corrected chi connectivity index (χ4v) is 1.53. The third-order valence-electron chi connectivity index (χ3n) is 1.88. The third-order valence-corrected chi connectivity index (χ3v) is 2.58. The zero-order chi connectivity index (χ0) is 13.8. The minimum Gasteiger partial charge on any atom is -0.492 e. The van der Waals surface area contributed by atoms with Gasteiger partial charge in [-0.25, -0.2) is 8.78 Å². The Hall–Kier alpha value is -0.920. The fourth-order valence-electron chi connectivity index (χ4n) is 1.12. The molecule has 0 unspecified atom stereocenters. The van der Waals surface area contributed by atoms with Gasteiger partial charge >= 0.3 is 0 Å².